The van der Waals surface area contributed by atoms with Crippen LogP contribution in [0, 0.1) is 10.1 Å². The number of non-ortho nitro benzene ring substituents is 1. The monoisotopic (exact) mass is 274 g/mol. The second kappa shape index (κ2) is 5.32. The van der Waals surface area contributed by atoms with Gasteiger partial charge in [0, 0.05) is 12.1 Å². The highest BCUT2D eigenvalue weighted by atomic mass is 32.2. The van der Waals surface area contributed by atoms with Crippen LogP contribution in [0.15, 0.2) is 23.1 Å². The number of benzene rings is 1. The van der Waals surface area contributed by atoms with Gasteiger partial charge in [-0.3, -0.25) is 10.1 Å². The summed E-state index contributed by atoms with van der Waals surface area (Å²) in [5, 5.41) is 10.6. The molecule has 1 aromatic rings. The molecule has 0 amide bonds. The molecular weight excluding hydrogens is 260 g/mol. The highest BCUT2D eigenvalue weighted by Gasteiger charge is 2.22. The number of rotatable bonds is 5. The fourth-order valence-electron chi connectivity index (χ4n) is 1.37. The molecule has 18 heavy (non-hydrogen) atoms. The molecule has 0 unspecified atom stereocenters. The molecule has 0 aliphatic heterocycles. The topological polar surface area (TPSA) is 98.5 Å². The van der Waals surface area contributed by atoms with Crippen LogP contribution in [-0.4, -0.2) is 26.5 Å². The molecule has 1 N–H and O–H groups in total. The van der Waals surface area contributed by atoms with Crippen LogP contribution in [0.2, 0.25) is 0 Å². The zero-order valence-corrected chi connectivity index (χ0v) is 11.0. The second-order valence-corrected chi connectivity index (χ2v) is 5.55. The lowest BCUT2D eigenvalue weighted by molar-refractivity contribution is -0.385. The van der Waals surface area contributed by atoms with Crippen LogP contribution in [0.25, 0.3) is 0 Å². The average Bonchev–Trinajstić information content (AvgIpc) is 2.26. The molecule has 0 aliphatic rings. The van der Waals surface area contributed by atoms with E-state index >= 15 is 0 Å². The lowest BCUT2D eigenvalue weighted by Crippen LogP contribution is -2.30. The largest absolute Gasteiger partial charge is 0.495 e. The van der Waals surface area contributed by atoms with Crippen molar-refractivity contribution in [2.24, 2.45) is 0 Å². The highest BCUT2D eigenvalue weighted by Crippen LogP contribution is 2.28. The first-order valence-electron chi connectivity index (χ1n) is 5.12. The van der Waals surface area contributed by atoms with E-state index in [-0.39, 0.29) is 22.4 Å². The Hall–Kier alpha value is -1.67. The first-order valence-corrected chi connectivity index (χ1v) is 6.61. The summed E-state index contributed by atoms with van der Waals surface area (Å²) >= 11 is 0. The van der Waals surface area contributed by atoms with Crippen molar-refractivity contribution in [1.82, 2.24) is 4.72 Å². The standard InChI is InChI=1S/C10H14N2O5S/c1-7(2)11-18(15,16)10-5-4-8(12(13)14)6-9(10)17-3/h4-7,11H,1-3H3. The maximum atomic E-state index is 11.9. The van der Waals surface area contributed by atoms with Crippen molar-refractivity contribution in [2.45, 2.75) is 24.8 Å². The summed E-state index contributed by atoms with van der Waals surface area (Å²) in [6, 6.07) is 3.07. The molecule has 0 saturated heterocycles. The molecule has 0 atom stereocenters. The van der Waals surface area contributed by atoms with Crippen molar-refractivity contribution in [3.63, 3.8) is 0 Å². The maximum absolute atomic E-state index is 11.9. The number of nitrogens with zero attached hydrogens (tertiary/aromatic N) is 1. The predicted molar refractivity (Wildman–Crippen MR) is 65.1 cm³/mol. The Morgan fingerprint density at radius 3 is 2.44 bits per heavy atom. The fourth-order valence-corrected chi connectivity index (χ4v) is 2.77. The van der Waals surface area contributed by atoms with Gasteiger partial charge < -0.3 is 4.74 Å². The van der Waals surface area contributed by atoms with Gasteiger partial charge in [-0.25, -0.2) is 13.1 Å². The van der Waals surface area contributed by atoms with E-state index in [1.807, 2.05) is 0 Å². The van der Waals surface area contributed by atoms with Gasteiger partial charge in [0.1, 0.15) is 10.6 Å². The number of nitro groups is 1. The van der Waals surface area contributed by atoms with E-state index in [4.69, 9.17) is 4.74 Å². The van der Waals surface area contributed by atoms with Crippen LogP contribution >= 0.6 is 0 Å². The SMILES string of the molecule is COc1cc([N+](=O)[O-])ccc1S(=O)(=O)NC(C)C. The Balaban J connectivity index is 3.29. The first-order chi connectivity index (χ1) is 8.27. The Morgan fingerprint density at radius 2 is 2.00 bits per heavy atom. The third-order valence-corrected chi connectivity index (χ3v) is 3.74. The highest BCUT2D eigenvalue weighted by molar-refractivity contribution is 7.89. The van der Waals surface area contributed by atoms with Crippen molar-refractivity contribution in [3.05, 3.63) is 28.3 Å². The molecule has 0 bridgehead atoms. The van der Waals surface area contributed by atoms with Gasteiger partial charge in [-0.15, -0.1) is 0 Å². The molecule has 8 heteroatoms. The number of ether oxygens (including phenoxy) is 1. The molecule has 7 nitrogen and oxygen atoms in total. The predicted octanol–water partition coefficient (Wildman–Crippen LogP) is 1.29. The number of hydrogen-bond donors (Lipinski definition) is 1. The van der Waals surface area contributed by atoms with Gasteiger partial charge in [-0.2, -0.15) is 0 Å². The quantitative estimate of drug-likeness (QED) is 0.644. The molecule has 100 valence electrons. The summed E-state index contributed by atoms with van der Waals surface area (Å²) in [6.45, 7) is 3.35. The van der Waals surface area contributed by atoms with Crippen molar-refractivity contribution >= 4 is 15.7 Å². The van der Waals surface area contributed by atoms with Gasteiger partial charge in [-0.05, 0) is 19.9 Å². The molecular formula is C10H14N2O5S. The van der Waals surface area contributed by atoms with E-state index in [1.54, 1.807) is 13.8 Å². The Kier molecular flexibility index (Phi) is 4.25. The molecule has 0 fully saturated rings. The van der Waals surface area contributed by atoms with Gasteiger partial charge in [0.25, 0.3) is 5.69 Å². The molecule has 0 heterocycles. The average molecular weight is 274 g/mol. The lowest BCUT2D eigenvalue weighted by atomic mass is 10.3. The van der Waals surface area contributed by atoms with Crippen LogP contribution in [0.4, 0.5) is 5.69 Å². The smallest absolute Gasteiger partial charge is 0.273 e. The number of methoxy groups -OCH3 is 1. The third-order valence-electron chi connectivity index (χ3n) is 2.04. The maximum Gasteiger partial charge on any atom is 0.273 e. The zero-order valence-electron chi connectivity index (χ0n) is 10.2. The summed E-state index contributed by atoms with van der Waals surface area (Å²) in [4.78, 5) is 9.86. The normalized spacial score (nSPS) is 11.6. The third kappa shape index (κ3) is 3.17. The summed E-state index contributed by atoms with van der Waals surface area (Å²) < 4.78 is 31.1. The molecule has 0 aliphatic carbocycles. The Labute approximate surface area is 105 Å². The van der Waals surface area contributed by atoms with Crippen molar-refractivity contribution in [3.8, 4) is 5.75 Å². The van der Waals surface area contributed by atoms with Crippen molar-refractivity contribution < 1.29 is 18.1 Å². The summed E-state index contributed by atoms with van der Waals surface area (Å²) in [5.74, 6) is -0.0580. The van der Waals surface area contributed by atoms with E-state index in [2.05, 4.69) is 4.72 Å². The molecule has 1 aromatic carbocycles. The van der Waals surface area contributed by atoms with Gasteiger partial charge in [-0.1, -0.05) is 0 Å². The van der Waals surface area contributed by atoms with Gasteiger partial charge in [0.05, 0.1) is 18.1 Å². The minimum Gasteiger partial charge on any atom is -0.495 e. The molecule has 0 saturated carbocycles. The number of nitrogens with one attached hydrogen (secondary N) is 1. The van der Waals surface area contributed by atoms with E-state index < -0.39 is 14.9 Å². The Morgan fingerprint density at radius 1 is 1.39 bits per heavy atom. The second-order valence-electron chi connectivity index (χ2n) is 3.87. The molecule has 0 radical (unpaired) electrons. The summed E-state index contributed by atoms with van der Waals surface area (Å²) in [5.41, 5.74) is -0.227. The number of hydrogen-bond acceptors (Lipinski definition) is 5. The molecule has 0 aromatic heterocycles. The minimum absolute atomic E-state index is 0.0580. The first kappa shape index (κ1) is 14.4. The molecule has 0 spiro atoms. The van der Waals surface area contributed by atoms with E-state index in [1.165, 1.54) is 7.11 Å². The van der Waals surface area contributed by atoms with Crippen molar-refractivity contribution in [2.75, 3.05) is 7.11 Å². The number of sulfonamides is 1. The van der Waals surface area contributed by atoms with Crippen LogP contribution in [-0.2, 0) is 10.0 Å². The van der Waals surface area contributed by atoms with Crippen molar-refractivity contribution in [1.29, 1.82) is 0 Å². The number of nitro benzene ring substituents is 1. The van der Waals surface area contributed by atoms with E-state index in [9.17, 15) is 18.5 Å². The summed E-state index contributed by atoms with van der Waals surface area (Å²) in [6.07, 6.45) is 0. The Bertz CT molecular complexity index is 553. The van der Waals surface area contributed by atoms with Crippen LogP contribution < -0.4 is 9.46 Å². The lowest BCUT2D eigenvalue weighted by Gasteiger charge is -2.12. The van der Waals surface area contributed by atoms with Gasteiger partial charge >= 0.3 is 0 Å². The summed E-state index contributed by atoms with van der Waals surface area (Å²) in [7, 11) is -2.48. The van der Waals surface area contributed by atoms with Crippen LogP contribution in [0.3, 0.4) is 0 Å². The fraction of sp³-hybridized carbons (Fsp3) is 0.400. The van der Waals surface area contributed by atoms with Crippen LogP contribution in [0.1, 0.15) is 13.8 Å². The van der Waals surface area contributed by atoms with Gasteiger partial charge in [0.15, 0.2) is 0 Å². The van der Waals surface area contributed by atoms with E-state index in [0.717, 1.165) is 18.2 Å². The van der Waals surface area contributed by atoms with Crippen LogP contribution in [0.5, 0.6) is 5.75 Å². The van der Waals surface area contributed by atoms with Gasteiger partial charge in [0.2, 0.25) is 10.0 Å². The van der Waals surface area contributed by atoms with E-state index in [0.29, 0.717) is 0 Å². The minimum atomic E-state index is -3.74. The zero-order chi connectivity index (χ0) is 13.9. The molecule has 1 rings (SSSR count).